The topological polar surface area (TPSA) is 37.3 Å². The van der Waals surface area contributed by atoms with Gasteiger partial charge in [-0.05, 0) is 25.7 Å². The van der Waals surface area contributed by atoms with Crippen molar-refractivity contribution in [3.05, 3.63) is 12.7 Å². The molecule has 0 saturated heterocycles. The summed E-state index contributed by atoms with van der Waals surface area (Å²) in [5, 5.41) is 9.40. The number of hydrogen-bond donors (Lipinski definition) is 1. The van der Waals surface area contributed by atoms with E-state index in [0.29, 0.717) is 18.6 Å². The van der Waals surface area contributed by atoms with Crippen molar-refractivity contribution in [3.63, 3.8) is 0 Å². The first-order valence-corrected chi connectivity index (χ1v) is 6.01. The highest BCUT2D eigenvalue weighted by Gasteiger charge is 2.03. The highest BCUT2D eigenvalue weighted by Crippen LogP contribution is 2.09. The molecule has 0 rings (SSSR count). The summed E-state index contributed by atoms with van der Waals surface area (Å²) in [6.45, 7) is 5.67. The van der Waals surface area contributed by atoms with E-state index in [1.807, 2.05) is 0 Å². The number of aliphatic hydroxyl groups excluding tert-OH is 1. The van der Waals surface area contributed by atoms with Crippen LogP contribution in [0.5, 0.6) is 0 Å². The summed E-state index contributed by atoms with van der Waals surface area (Å²) in [5.74, 6) is 0.370. The zero-order valence-electron chi connectivity index (χ0n) is 9.87. The van der Waals surface area contributed by atoms with Crippen LogP contribution < -0.4 is 0 Å². The molecular formula is C13H24O2. The fraction of sp³-hybridized carbons (Fsp3) is 0.769. The second-order valence-electron chi connectivity index (χ2n) is 4.07. The van der Waals surface area contributed by atoms with Crippen molar-refractivity contribution in [2.45, 2.75) is 64.4 Å². The molecule has 0 aromatic heterocycles. The molecule has 0 saturated carbocycles. The highest BCUT2D eigenvalue weighted by molar-refractivity contribution is 5.78. The van der Waals surface area contributed by atoms with Gasteiger partial charge >= 0.3 is 0 Å². The Morgan fingerprint density at radius 2 is 2.00 bits per heavy atom. The van der Waals surface area contributed by atoms with Crippen LogP contribution in [0.4, 0.5) is 0 Å². The maximum atomic E-state index is 11.3. The summed E-state index contributed by atoms with van der Waals surface area (Å²) >= 11 is 0. The Balaban J connectivity index is 3.29. The van der Waals surface area contributed by atoms with Gasteiger partial charge in [0.15, 0.2) is 0 Å². The van der Waals surface area contributed by atoms with E-state index in [4.69, 9.17) is 0 Å². The molecule has 0 heterocycles. The van der Waals surface area contributed by atoms with Gasteiger partial charge in [0.2, 0.25) is 0 Å². The smallest absolute Gasteiger partial charge is 0.132 e. The molecule has 15 heavy (non-hydrogen) atoms. The first-order chi connectivity index (χ1) is 7.20. The number of unbranched alkanes of at least 4 members (excludes halogenated alkanes) is 2. The second kappa shape index (κ2) is 9.91. The van der Waals surface area contributed by atoms with Crippen LogP contribution >= 0.6 is 0 Å². The molecule has 2 nitrogen and oxygen atoms in total. The standard InChI is InChI=1S/C13H24O2/c1-3-5-9-13(15)11-7-6-10-12(14)8-4-2/h4,12,14H,2-3,5-11H2,1H3. The van der Waals surface area contributed by atoms with Crippen LogP contribution in [0.3, 0.4) is 0 Å². The Labute approximate surface area is 93.4 Å². The van der Waals surface area contributed by atoms with Crippen molar-refractivity contribution in [1.29, 1.82) is 0 Å². The zero-order valence-corrected chi connectivity index (χ0v) is 9.87. The van der Waals surface area contributed by atoms with Gasteiger partial charge in [-0.3, -0.25) is 4.79 Å². The Kier molecular flexibility index (Phi) is 9.49. The molecule has 0 aromatic rings. The number of carbonyl (C=O) groups excluding carboxylic acids is 1. The highest BCUT2D eigenvalue weighted by atomic mass is 16.3. The van der Waals surface area contributed by atoms with E-state index in [9.17, 15) is 9.90 Å². The average Bonchev–Trinajstić information content (AvgIpc) is 2.22. The van der Waals surface area contributed by atoms with Crippen LogP contribution in [0.25, 0.3) is 0 Å². The van der Waals surface area contributed by atoms with Gasteiger partial charge in [0.25, 0.3) is 0 Å². The Morgan fingerprint density at radius 3 is 2.60 bits per heavy atom. The van der Waals surface area contributed by atoms with E-state index in [1.54, 1.807) is 6.08 Å². The third-order valence-electron chi connectivity index (χ3n) is 2.49. The van der Waals surface area contributed by atoms with Crippen molar-refractivity contribution in [2.75, 3.05) is 0 Å². The normalized spacial score (nSPS) is 12.4. The van der Waals surface area contributed by atoms with Gasteiger partial charge in [-0.15, -0.1) is 6.58 Å². The van der Waals surface area contributed by atoms with Crippen LogP contribution in [-0.2, 0) is 4.79 Å². The number of carbonyl (C=O) groups is 1. The third-order valence-corrected chi connectivity index (χ3v) is 2.49. The van der Waals surface area contributed by atoms with E-state index in [-0.39, 0.29) is 6.10 Å². The Bertz CT molecular complexity index is 175. The summed E-state index contributed by atoms with van der Waals surface area (Å²) in [7, 11) is 0. The number of hydrogen-bond acceptors (Lipinski definition) is 2. The molecule has 0 aliphatic rings. The predicted molar refractivity (Wildman–Crippen MR) is 63.8 cm³/mol. The van der Waals surface area contributed by atoms with E-state index < -0.39 is 0 Å². The molecule has 2 heteroatoms. The SMILES string of the molecule is C=CCC(O)CCCCC(=O)CCCC. The molecule has 0 bridgehead atoms. The molecule has 88 valence electrons. The van der Waals surface area contributed by atoms with Crippen LogP contribution in [-0.4, -0.2) is 17.0 Å². The third kappa shape index (κ3) is 9.67. The minimum absolute atomic E-state index is 0.270. The summed E-state index contributed by atoms with van der Waals surface area (Å²) < 4.78 is 0. The van der Waals surface area contributed by atoms with Crippen molar-refractivity contribution < 1.29 is 9.90 Å². The summed E-state index contributed by atoms with van der Waals surface area (Å²) in [6, 6.07) is 0. The fourth-order valence-electron chi connectivity index (χ4n) is 1.51. The predicted octanol–water partition coefficient (Wildman–Crippen LogP) is 3.24. The lowest BCUT2D eigenvalue weighted by atomic mass is 10.0. The summed E-state index contributed by atoms with van der Waals surface area (Å²) in [6.07, 6.45) is 8.26. The van der Waals surface area contributed by atoms with E-state index in [0.717, 1.165) is 38.5 Å². The van der Waals surface area contributed by atoms with Gasteiger partial charge < -0.3 is 5.11 Å². The molecule has 0 fully saturated rings. The molecule has 1 unspecified atom stereocenters. The van der Waals surface area contributed by atoms with Gasteiger partial charge in [0.1, 0.15) is 5.78 Å². The summed E-state index contributed by atoms with van der Waals surface area (Å²) in [4.78, 5) is 11.3. The molecule has 0 aliphatic carbocycles. The van der Waals surface area contributed by atoms with E-state index in [1.165, 1.54) is 0 Å². The number of rotatable bonds is 10. The van der Waals surface area contributed by atoms with Crippen molar-refractivity contribution in [1.82, 2.24) is 0 Å². The Morgan fingerprint density at radius 1 is 1.33 bits per heavy atom. The van der Waals surface area contributed by atoms with Crippen LogP contribution in [0.1, 0.15) is 58.3 Å². The number of ketones is 1. The van der Waals surface area contributed by atoms with Crippen LogP contribution in [0.2, 0.25) is 0 Å². The van der Waals surface area contributed by atoms with Gasteiger partial charge in [0.05, 0.1) is 6.10 Å². The van der Waals surface area contributed by atoms with Gasteiger partial charge in [-0.1, -0.05) is 25.8 Å². The fourth-order valence-corrected chi connectivity index (χ4v) is 1.51. The van der Waals surface area contributed by atoms with E-state index >= 15 is 0 Å². The molecule has 0 spiro atoms. The number of Topliss-reactive ketones (excluding diaryl/α,β-unsaturated/α-hetero) is 1. The molecular weight excluding hydrogens is 188 g/mol. The zero-order chi connectivity index (χ0) is 11.5. The monoisotopic (exact) mass is 212 g/mol. The van der Waals surface area contributed by atoms with Crippen LogP contribution in [0.15, 0.2) is 12.7 Å². The minimum atomic E-state index is -0.270. The minimum Gasteiger partial charge on any atom is -0.393 e. The molecule has 0 radical (unpaired) electrons. The molecule has 1 N–H and O–H groups in total. The average molecular weight is 212 g/mol. The quantitative estimate of drug-likeness (QED) is 0.446. The molecule has 0 amide bonds. The van der Waals surface area contributed by atoms with E-state index in [2.05, 4.69) is 13.5 Å². The summed E-state index contributed by atoms with van der Waals surface area (Å²) in [5.41, 5.74) is 0. The maximum absolute atomic E-state index is 11.3. The molecule has 0 aliphatic heterocycles. The lowest BCUT2D eigenvalue weighted by Crippen LogP contribution is -2.05. The van der Waals surface area contributed by atoms with Crippen LogP contribution in [0, 0.1) is 0 Å². The largest absolute Gasteiger partial charge is 0.393 e. The number of aliphatic hydroxyl groups is 1. The van der Waals surface area contributed by atoms with Crippen molar-refractivity contribution in [3.8, 4) is 0 Å². The lowest BCUT2D eigenvalue weighted by molar-refractivity contribution is -0.119. The second-order valence-corrected chi connectivity index (χ2v) is 4.07. The lowest BCUT2D eigenvalue weighted by Gasteiger charge is -2.06. The van der Waals surface area contributed by atoms with Crippen molar-refractivity contribution in [2.24, 2.45) is 0 Å². The molecule has 0 aromatic carbocycles. The van der Waals surface area contributed by atoms with Crippen molar-refractivity contribution >= 4 is 5.78 Å². The first-order valence-electron chi connectivity index (χ1n) is 6.01. The van der Waals surface area contributed by atoms with Gasteiger partial charge in [0, 0.05) is 12.8 Å². The van der Waals surface area contributed by atoms with Gasteiger partial charge in [-0.2, -0.15) is 0 Å². The Hall–Kier alpha value is -0.630. The maximum Gasteiger partial charge on any atom is 0.132 e. The molecule has 1 atom stereocenters. The van der Waals surface area contributed by atoms with Gasteiger partial charge in [-0.25, -0.2) is 0 Å². The first kappa shape index (κ1) is 14.4.